The average molecular weight is 355 g/mol. The molecule has 7 heteroatoms. The second-order valence-electron chi connectivity index (χ2n) is 2.66. The number of carboxylic acid groups (broad SMARTS) is 1. The molecule has 1 aromatic heterocycles. The lowest BCUT2D eigenvalue weighted by atomic mass is 10.3. The van der Waals surface area contributed by atoms with Gasteiger partial charge in [0.2, 0.25) is 0 Å². The lowest BCUT2D eigenvalue weighted by molar-refractivity contribution is 0.210. The van der Waals surface area contributed by atoms with Crippen LogP contribution >= 0.6 is 45.5 Å². The van der Waals surface area contributed by atoms with Gasteiger partial charge in [-0.1, -0.05) is 22.9 Å². The predicted octanol–water partition coefficient (Wildman–Crippen LogP) is 3.64. The molecule has 0 bridgehead atoms. The predicted molar refractivity (Wildman–Crippen MR) is 69.0 cm³/mol. The zero-order chi connectivity index (χ0) is 11.0. The number of aromatic nitrogens is 1. The number of thiazole rings is 1. The fourth-order valence-corrected chi connectivity index (χ4v) is 3.00. The molecular weight excluding hydrogens is 351 g/mol. The van der Waals surface area contributed by atoms with Crippen molar-refractivity contribution >= 4 is 67.0 Å². The lowest BCUT2D eigenvalue weighted by Crippen LogP contribution is -2.06. The molecule has 4 nitrogen and oxygen atoms in total. The van der Waals surface area contributed by atoms with Crippen LogP contribution in [0.4, 0.5) is 9.93 Å². The van der Waals surface area contributed by atoms with Gasteiger partial charge in [-0.05, 0) is 34.7 Å². The van der Waals surface area contributed by atoms with E-state index in [-0.39, 0.29) is 0 Å². The first-order valence-corrected chi connectivity index (χ1v) is 6.10. The highest BCUT2D eigenvalue weighted by Crippen LogP contribution is 2.34. The number of halogens is 2. The normalized spacial score (nSPS) is 10.5. The van der Waals surface area contributed by atoms with Crippen molar-refractivity contribution in [3.63, 3.8) is 0 Å². The molecule has 1 heterocycles. The third-order valence-electron chi connectivity index (χ3n) is 1.66. The summed E-state index contributed by atoms with van der Waals surface area (Å²) >= 11 is 9.33. The molecule has 15 heavy (non-hydrogen) atoms. The summed E-state index contributed by atoms with van der Waals surface area (Å²) in [4.78, 5) is 14.6. The van der Waals surface area contributed by atoms with E-state index in [0.29, 0.717) is 10.2 Å². The van der Waals surface area contributed by atoms with Crippen molar-refractivity contribution in [3.05, 3.63) is 20.7 Å². The zero-order valence-electron chi connectivity index (χ0n) is 7.12. The number of anilines is 1. The molecule has 2 N–H and O–H groups in total. The minimum atomic E-state index is -1.12. The Morgan fingerprint density at radius 3 is 2.93 bits per heavy atom. The van der Waals surface area contributed by atoms with Gasteiger partial charge < -0.3 is 5.11 Å². The van der Waals surface area contributed by atoms with Crippen LogP contribution in [-0.4, -0.2) is 16.2 Å². The van der Waals surface area contributed by atoms with Crippen molar-refractivity contribution in [1.82, 2.24) is 4.98 Å². The van der Waals surface area contributed by atoms with Gasteiger partial charge >= 0.3 is 6.09 Å². The highest BCUT2D eigenvalue weighted by molar-refractivity contribution is 14.1. The number of rotatable bonds is 1. The zero-order valence-corrected chi connectivity index (χ0v) is 10.9. The van der Waals surface area contributed by atoms with Gasteiger partial charge in [-0.2, -0.15) is 0 Å². The fourth-order valence-electron chi connectivity index (χ4n) is 1.09. The monoisotopic (exact) mass is 354 g/mol. The molecule has 0 aliphatic rings. The van der Waals surface area contributed by atoms with Crippen LogP contribution in [-0.2, 0) is 0 Å². The summed E-state index contributed by atoms with van der Waals surface area (Å²) in [5.41, 5.74) is 0.733. The summed E-state index contributed by atoms with van der Waals surface area (Å²) in [5, 5.41) is 11.7. The highest BCUT2D eigenvalue weighted by Gasteiger charge is 2.11. The highest BCUT2D eigenvalue weighted by atomic mass is 127. The molecular formula is C8H4ClIN2O2S. The Morgan fingerprint density at radius 2 is 2.33 bits per heavy atom. The first-order chi connectivity index (χ1) is 7.08. The molecule has 0 saturated heterocycles. The first-order valence-electron chi connectivity index (χ1n) is 3.82. The minimum Gasteiger partial charge on any atom is -0.465 e. The molecule has 0 spiro atoms. The van der Waals surface area contributed by atoms with E-state index in [2.05, 4.69) is 32.9 Å². The third kappa shape index (κ3) is 2.16. The van der Waals surface area contributed by atoms with Crippen molar-refractivity contribution in [1.29, 1.82) is 0 Å². The topological polar surface area (TPSA) is 62.2 Å². The smallest absolute Gasteiger partial charge is 0.410 e. The standard InChI is InChI=1S/C8H4ClIN2O2S/c9-3-1-2-4(10)5-6(3)15-7(11-5)12-8(13)14/h1-2H,(H,11,12)(H,13,14). The molecule has 0 aliphatic heterocycles. The number of fused-ring (bicyclic) bond motifs is 1. The van der Waals surface area contributed by atoms with Gasteiger partial charge in [-0.25, -0.2) is 9.78 Å². The van der Waals surface area contributed by atoms with Crippen LogP contribution in [0.2, 0.25) is 5.02 Å². The maximum atomic E-state index is 10.4. The van der Waals surface area contributed by atoms with E-state index in [4.69, 9.17) is 16.7 Å². The third-order valence-corrected chi connectivity index (χ3v) is 3.96. The molecule has 1 amide bonds. The van der Waals surface area contributed by atoms with Gasteiger partial charge in [0.25, 0.3) is 0 Å². The van der Waals surface area contributed by atoms with Crippen LogP contribution < -0.4 is 5.32 Å². The Morgan fingerprint density at radius 1 is 1.60 bits per heavy atom. The second kappa shape index (κ2) is 4.11. The summed E-state index contributed by atoms with van der Waals surface area (Å²) in [6.07, 6.45) is -1.12. The van der Waals surface area contributed by atoms with Gasteiger partial charge in [-0.3, -0.25) is 5.32 Å². The fraction of sp³-hybridized carbons (Fsp3) is 0. The van der Waals surface area contributed by atoms with E-state index in [1.165, 1.54) is 11.3 Å². The molecule has 0 saturated carbocycles. The molecule has 0 unspecified atom stereocenters. The van der Waals surface area contributed by atoms with Crippen LogP contribution in [0, 0.1) is 3.57 Å². The van der Waals surface area contributed by atoms with Crippen molar-refractivity contribution in [2.24, 2.45) is 0 Å². The molecule has 2 aromatic rings. The number of hydrogen-bond acceptors (Lipinski definition) is 3. The van der Waals surface area contributed by atoms with Crippen molar-refractivity contribution in [2.75, 3.05) is 5.32 Å². The van der Waals surface area contributed by atoms with Gasteiger partial charge in [0.1, 0.15) is 0 Å². The van der Waals surface area contributed by atoms with E-state index >= 15 is 0 Å². The first kappa shape index (κ1) is 10.9. The average Bonchev–Trinajstić information content (AvgIpc) is 2.55. The van der Waals surface area contributed by atoms with Crippen molar-refractivity contribution < 1.29 is 9.90 Å². The van der Waals surface area contributed by atoms with E-state index in [9.17, 15) is 4.79 Å². The number of nitrogens with one attached hydrogen (secondary N) is 1. The van der Waals surface area contributed by atoms with Gasteiger partial charge in [0.05, 0.1) is 15.2 Å². The van der Waals surface area contributed by atoms with Crippen LogP contribution in [0.25, 0.3) is 10.2 Å². The number of hydrogen-bond donors (Lipinski definition) is 2. The number of benzene rings is 1. The minimum absolute atomic E-state index is 0.337. The summed E-state index contributed by atoms with van der Waals surface area (Å²) < 4.78 is 1.74. The van der Waals surface area contributed by atoms with Crippen LogP contribution in [0.3, 0.4) is 0 Å². The van der Waals surface area contributed by atoms with E-state index in [0.717, 1.165) is 13.8 Å². The van der Waals surface area contributed by atoms with Gasteiger partial charge in [-0.15, -0.1) is 0 Å². The van der Waals surface area contributed by atoms with E-state index < -0.39 is 6.09 Å². The Labute approximate surface area is 107 Å². The maximum absolute atomic E-state index is 10.4. The van der Waals surface area contributed by atoms with Gasteiger partial charge in [0.15, 0.2) is 5.13 Å². The van der Waals surface area contributed by atoms with Crippen LogP contribution in [0.1, 0.15) is 0 Å². The van der Waals surface area contributed by atoms with Gasteiger partial charge in [0, 0.05) is 3.57 Å². The second-order valence-corrected chi connectivity index (χ2v) is 5.22. The molecule has 0 radical (unpaired) electrons. The molecule has 0 atom stereocenters. The number of nitrogens with zero attached hydrogens (tertiary/aromatic N) is 1. The Kier molecular flexibility index (Phi) is 2.98. The Hall–Kier alpha value is -0.600. The molecule has 0 fully saturated rings. The Bertz CT molecular complexity index is 504. The summed E-state index contributed by atoms with van der Waals surface area (Å²) in [6, 6.07) is 3.61. The Balaban J connectivity index is 2.59. The molecule has 2 rings (SSSR count). The number of amides is 1. The quantitative estimate of drug-likeness (QED) is 0.769. The largest absolute Gasteiger partial charge is 0.465 e. The number of carbonyl (C=O) groups is 1. The lowest BCUT2D eigenvalue weighted by Gasteiger charge is -1.93. The summed E-state index contributed by atoms with van der Waals surface area (Å²) in [5.74, 6) is 0. The molecule has 78 valence electrons. The SMILES string of the molecule is O=C(O)Nc1nc2c(I)ccc(Cl)c2s1. The van der Waals surface area contributed by atoms with Crippen LogP contribution in [0.5, 0.6) is 0 Å². The van der Waals surface area contributed by atoms with Crippen LogP contribution in [0.15, 0.2) is 12.1 Å². The van der Waals surface area contributed by atoms with E-state index in [1.807, 2.05) is 6.07 Å². The molecule has 0 aliphatic carbocycles. The maximum Gasteiger partial charge on any atom is 0.410 e. The van der Waals surface area contributed by atoms with E-state index in [1.54, 1.807) is 6.07 Å². The summed E-state index contributed by atoms with van der Waals surface area (Å²) in [6.45, 7) is 0. The van der Waals surface area contributed by atoms with Crippen molar-refractivity contribution in [2.45, 2.75) is 0 Å². The summed E-state index contributed by atoms with van der Waals surface area (Å²) in [7, 11) is 0. The van der Waals surface area contributed by atoms with Crippen molar-refractivity contribution in [3.8, 4) is 0 Å². The molecule has 1 aromatic carbocycles.